The van der Waals surface area contributed by atoms with Crippen LogP contribution in [-0.4, -0.2) is 0 Å². The first-order valence-electron chi connectivity index (χ1n) is 10.9. The Labute approximate surface area is 186 Å². The van der Waals surface area contributed by atoms with Crippen LogP contribution in [0.3, 0.4) is 0 Å². The fraction of sp³-hybridized carbons (Fsp3) is 0.133. The molecular formula is C30H31N. The van der Waals surface area contributed by atoms with Gasteiger partial charge in [0, 0.05) is 5.69 Å². The summed E-state index contributed by atoms with van der Waals surface area (Å²) in [5.74, 6) is 0. The van der Waals surface area contributed by atoms with E-state index in [0.717, 1.165) is 18.5 Å². The van der Waals surface area contributed by atoms with Gasteiger partial charge in [0.1, 0.15) is 0 Å². The molecule has 0 atom stereocenters. The minimum absolute atomic E-state index is 0.791. The van der Waals surface area contributed by atoms with Gasteiger partial charge in [-0.1, -0.05) is 116 Å². The molecule has 0 aliphatic carbocycles. The maximum atomic E-state index is 6.08. The minimum atomic E-state index is 0.791. The number of hydrogen-bond donors (Lipinski definition) is 1. The number of rotatable bonds is 6. The molecule has 0 amide bonds. The van der Waals surface area contributed by atoms with Crippen molar-refractivity contribution in [1.82, 2.24) is 0 Å². The summed E-state index contributed by atoms with van der Waals surface area (Å²) < 4.78 is 0. The van der Waals surface area contributed by atoms with E-state index in [2.05, 4.69) is 117 Å². The van der Waals surface area contributed by atoms with Crippen LogP contribution in [0.25, 0.3) is 16.7 Å². The molecule has 0 unspecified atom stereocenters. The molecule has 0 aliphatic rings. The molecule has 31 heavy (non-hydrogen) atoms. The van der Waals surface area contributed by atoms with Crippen LogP contribution in [0.1, 0.15) is 30.0 Å². The van der Waals surface area contributed by atoms with Crippen molar-refractivity contribution in [2.24, 2.45) is 0 Å². The summed E-state index contributed by atoms with van der Waals surface area (Å²) in [5, 5.41) is 0. The lowest BCUT2D eigenvalue weighted by Crippen LogP contribution is -1.92. The summed E-state index contributed by atoms with van der Waals surface area (Å²) in [7, 11) is 0. The Bertz CT molecular complexity index is 1110. The van der Waals surface area contributed by atoms with Crippen molar-refractivity contribution >= 4 is 11.3 Å². The summed E-state index contributed by atoms with van der Waals surface area (Å²) in [6.07, 6.45) is 8.60. The molecule has 0 bridgehead atoms. The van der Waals surface area contributed by atoms with Crippen molar-refractivity contribution in [3.05, 3.63) is 132 Å². The zero-order valence-electron chi connectivity index (χ0n) is 18.5. The zero-order chi connectivity index (χ0) is 21.9. The van der Waals surface area contributed by atoms with Crippen molar-refractivity contribution < 1.29 is 0 Å². The smallest absolute Gasteiger partial charge is 0.0320 e. The number of aryl methyl sites for hydroxylation is 1. The Kier molecular flexibility index (Phi) is 8.25. The van der Waals surface area contributed by atoms with E-state index in [-0.39, 0.29) is 0 Å². The lowest BCUT2D eigenvalue weighted by molar-refractivity contribution is 1.22. The van der Waals surface area contributed by atoms with Crippen LogP contribution in [0.15, 0.2) is 115 Å². The number of nitrogen functional groups attached to an aromatic ring is 1. The molecule has 156 valence electrons. The average Bonchev–Trinajstić information content (AvgIpc) is 2.79. The van der Waals surface area contributed by atoms with Crippen LogP contribution in [-0.2, 0) is 6.42 Å². The molecule has 2 N–H and O–H groups in total. The van der Waals surface area contributed by atoms with E-state index in [0.29, 0.717) is 0 Å². The van der Waals surface area contributed by atoms with Gasteiger partial charge in [0.05, 0.1) is 0 Å². The molecule has 0 radical (unpaired) electrons. The highest BCUT2D eigenvalue weighted by molar-refractivity contribution is 5.74. The second kappa shape index (κ2) is 11.6. The van der Waals surface area contributed by atoms with Gasteiger partial charge in [-0.05, 0) is 59.7 Å². The molecule has 0 spiro atoms. The Morgan fingerprint density at radius 1 is 0.806 bits per heavy atom. The quantitative estimate of drug-likeness (QED) is 0.327. The molecule has 3 rings (SSSR count). The van der Waals surface area contributed by atoms with Crippen molar-refractivity contribution in [3.8, 4) is 11.1 Å². The minimum Gasteiger partial charge on any atom is -0.399 e. The van der Waals surface area contributed by atoms with E-state index in [9.17, 15) is 0 Å². The highest BCUT2D eigenvalue weighted by Crippen LogP contribution is 2.27. The van der Waals surface area contributed by atoms with Gasteiger partial charge < -0.3 is 5.73 Å². The molecule has 3 aromatic rings. The first-order chi connectivity index (χ1) is 15.2. The van der Waals surface area contributed by atoms with Gasteiger partial charge in [-0.15, -0.1) is 0 Å². The van der Waals surface area contributed by atoms with E-state index in [1.165, 1.54) is 33.4 Å². The molecule has 0 aliphatic heterocycles. The monoisotopic (exact) mass is 405 g/mol. The van der Waals surface area contributed by atoms with Gasteiger partial charge in [0.15, 0.2) is 0 Å². The fourth-order valence-corrected chi connectivity index (χ4v) is 3.49. The van der Waals surface area contributed by atoms with Crippen molar-refractivity contribution in [2.45, 2.75) is 26.7 Å². The average molecular weight is 406 g/mol. The molecule has 1 nitrogen and oxygen atoms in total. The number of benzene rings is 2. The normalized spacial score (nSPS) is 11.4. The summed E-state index contributed by atoms with van der Waals surface area (Å²) in [6, 6.07) is 33.6. The Hall–Kier alpha value is -3.58. The molecule has 0 fully saturated rings. The van der Waals surface area contributed by atoms with Crippen LogP contribution in [0.5, 0.6) is 0 Å². The summed E-state index contributed by atoms with van der Waals surface area (Å²) in [4.78, 5) is 0. The third-order valence-corrected chi connectivity index (χ3v) is 5.11. The van der Waals surface area contributed by atoms with Gasteiger partial charge in [-0.25, -0.2) is 0 Å². The Morgan fingerprint density at radius 2 is 1.52 bits per heavy atom. The number of nitrogens with two attached hydrogens (primary N) is 1. The molecule has 1 heteroatoms. The Morgan fingerprint density at radius 3 is 2.29 bits per heavy atom. The van der Waals surface area contributed by atoms with E-state index >= 15 is 0 Å². The highest BCUT2D eigenvalue weighted by Gasteiger charge is 2.05. The molecule has 0 heterocycles. The predicted octanol–water partition coefficient (Wildman–Crippen LogP) is 7.96. The zero-order valence-corrected chi connectivity index (χ0v) is 18.5. The van der Waals surface area contributed by atoms with E-state index in [4.69, 9.17) is 5.73 Å². The number of hydrogen-bond acceptors (Lipinski definition) is 1. The maximum Gasteiger partial charge on any atom is 0.0320 e. The molecule has 0 aromatic heterocycles. The van der Waals surface area contributed by atoms with E-state index < -0.39 is 0 Å². The maximum absolute atomic E-state index is 6.08. The standard InChI is InChI=1S/C30H31N/c1-3-12-25(26-14-8-5-4-7-13-24(2)19-20-26)17-11-18-28-21-22-29(31)23-30(28)27-15-9-6-10-16-27/h4-17,19-23H,3,18,31H2,1-2H3/b5-4?,7-4?,8-5?,13-7?,14-8?,17-11-,20-19?,24-13?,24-19?,25-12+,26-14?,26-20?. The predicted molar refractivity (Wildman–Crippen MR) is 136 cm³/mol. The topological polar surface area (TPSA) is 26.0 Å². The molecule has 0 saturated carbocycles. The molecular weight excluding hydrogens is 374 g/mol. The third kappa shape index (κ3) is 6.72. The molecule has 0 saturated heterocycles. The van der Waals surface area contributed by atoms with Crippen molar-refractivity contribution in [3.63, 3.8) is 0 Å². The van der Waals surface area contributed by atoms with Gasteiger partial charge in [0.25, 0.3) is 0 Å². The van der Waals surface area contributed by atoms with Crippen molar-refractivity contribution in [2.75, 3.05) is 5.73 Å². The highest BCUT2D eigenvalue weighted by atomic mass is 14.5. The van der Waals surface area contributed by atoms with E-state index in [1.54, 1.807) is 0 Å². The first-order valence-corrected chi connectivity index (χ1v) is 10.9. The third-order valence-electron chi connectivity index (χ3n) is 5.11. The van der Waals surface area contributed by atoms with Crippen molar-refractivity contribution in [1.29, 1.82) is 0 Å². The SMILES string of the molecule is CC/C=C(\C=C/Cc1ccc(N)cc1-c1ccccc1)c1ccccccc(C)cc1. The lowest BCUT2D eigenvalue weighted by atomic mass is 9.96. The van der Waals surface area contributed by atoms with Crippen LogP contribution in [0, 0.1) is 6.92 Å². The Balaban J connectivity index is 1.91. The second-order valence-corrected chi connectivity index (χ2v) is 7.59. The summed E-state index contributed by atoms with van der Waals surface area (Å²) in [5.41, 5.74) is 14.2. The van der Waals surface area contributed by atoms with Crippen LogP contribution in [0.4, 0.5) is 5.69 Å². The van der Waals surface area contributed by atoms with Gasteiger partial charge in [-0.2, -0.15) is 0 Å². The first kappa shape index (κ1) is 22.1. The summed E-state index contributed by atoms with van der Waals surface area (Å²) >= 11 is 0. The second-order valence-electron chi connectivity index (χ2n) is 7.59. The largest absolute Gasteiger partial charge is 0.399 e. The summed E-state index contributed by atoms with van der Waals surface area (Å²) in [6.45, 7) is 4.30. The van der Waals surface area contributed by atoms with E-state index in [1.807, 2.05) is 12.1 Å². The lowest BCUT2D eigenvalue weighted by Gasteiger charge is -2.10. The van der Waals surface area contributed by atoms with Crippen LogP contribution >= 0.6 is 0 Å². The number of allylic oxidation sites excluding steroid dienone is 4. The van der Waals surface area contributed by atoms with Crippen LogP contribution < -0.4 is 5.73 Å². The fourth-order valence-electron chi connectivity index (χ4n) is 3.49. The molecule has 3 aromatic carbocycles. The van der Waals surface area contributed by atoms with Gasteiger partial charge >= 0.3 is 0 Å². The van der Waals surface area contributed by atoms with Crippen LogP contribution in [0.2, 0.25) is 0 Å². The van der Waals surface area contributed by atoms with Gasteiger partial charge in [0.2, 0.25) is 0 Å². The van der Waals surface area contributed by atoms with Gasteiger partial charge in [-0.3, -0.25) is 0 Å². The number of anilines is 1.